The SMILES string of the molecule is CCCC1(C(O)c2cccc(C3C(O)CC(Cl)C3Cc3cccc(OCC(=O)O)c3)c2)CCC1. The van der Waals surface area contributed by atoms with E-state index in [1.54, 1.807) is 6.07 Å². The van der Waals surface area contributed by atoms with Gasteiger partial charge in [0.25, 0.3) is 0 Å². The first kappa shape index (κ1) is 25.0. The van der Waals surface area contributed by atoms with Gasteiger partial charge in [-0.15, -0.1) is 11.6 Å². The van der Waals surface area contributed by atoms with Crippen LogP contribution in [0, 0.1) is 11.3 Å². The Labute approximate surface area is 206 Å². The molecule has 0 spiro atoms. The first-order valence-electron chi connectivity index (χ1n) is 12.4. The number of aliphatic carboxylic acids is 1. The van der Waals surface area contributed by atoms with Crippen LogP contribution >= 0.6 is 11.6 Å². The van der Waals surface area contributed by atoms with Crippen molar-refractivity contribution < 1.29 is 24.9 Å². The Morgan fingerprint density at radius 2 is 1.97 bits per heavy atom. The smallest absolute Gasteiger partial charge is 0.341 e. The van der Waals surface area contributed by atoms with E-state index in [0.717, 1.165) is 42.4 Å². The third kappa shape index (κ3) is 5.27. The van der Waals surface area contributed by atoms with Gasteiger partial charge in [0.1, 0.15) is 5.75 Å². The maximum atomic E-state index is 11.3. The molecule has 2 aromatic rings. The van der Waals surface area contributed by atoms with Gasteiger partial charge in [0.2, 0.25) is 0 Å². The number of carboxylic acids is 1. The summed E-state index contributed by atoms with van der Waals surface area (Å²) >= 11 is 6.74. The molecule has 2 saturated carbocycles. The maximum absolute atomic E-state index is 11.3. The van der Waals surface area contributed by atoms with E-state index in [1.165, 1.54) is 6.42 Å². The lowest BCUT2D eigenvalue weighted by molar-refractivity contribution is -0.139. The summed E-state index contributed by atoms with van der Waals surface area (Å²) in [5.74, 6) is -0.642. The second-order valence-electron chi connectivity index (χ2n) is 10.1. The Hall–Kier alpha value is -2.08. The minimum Gasteiger partial charge on any atom is -0.482 e. The van der Waals surface area contributed by atoms with Crippen molar-refractivity contribution in [2.45, 2.75) is 75.4 Å². The van der Waals surface area contributed by atoms with Gasteiger partial charge < -0.3 is 20.1 Å². The molecule has 2 aliphatic carbocycles. The highest BCUT2D eigenvalue weighted by molar-refractivity contribution is 6.21. The number of hydrogen-bond donors (Lipinski definition) is 3. The summed E-state index contributed by atoms with van der Waals surface area (Å²) in [5, 5.41) is 30.9. The number of rotatable bonds is 10. The summed E-state index contributed by atoms with van der Waals surface area (Å²) < 4.78 is 5.33. The zero-order chi connectivity index (χ0) is 24.3. The molecule has 0 bridgehead atoms. The highest BCUT2D eigenvalue weighted by atomic mass is 35.5. The predicted octanol–water partition coefficient (Wildman–Crippen LogP) is 5.47. The Kier molecular flexibility index (Phi) is 7.86. The van der Waals surface area contributed by atoms with Crippen LogP contribution in [0.25, 0.3) is 0 Å². The molecule has 2 aliphatic rings. The lowest BCUT2D eigenvalue weighted by atomic mass is 9.61. The molecule has 0 aliphatic heterocycles. The van der Waals surface area contributed by atoms with Gasteiger partial charge in [-0.25, -0.2) is 4.79 Å². The summed E-state index contributed by atoms with van der Waals surface area (Å²) in [5.41, 5.74) is 2.91. The van der Waals surface area contributed by atoms with Crippen molar-refractivity contribution >= 4 is 17.6 Å². The van der Waals surface area contributed by atoms with E-state index in [-0.39, 0.29) is 29.2 Å². The zero-order valence-electron chi connectivity index (χ0n) is 19.7. The molecule has 184 valence electrons. The molecule has 0 aromatic heterocycles. The summed E-state index contributed by atoms with van der Waals surface area (Å²) in [7, 11) is 0. The summed E-state index contributed by atoms with van der Waals surface area (Å²) in [6.07, 6.45) is 5.48. The van der Waals surface area contributed by atoms with E-state index in [9.17, 15) is 15.0 Å². The van der Waals surface area contributed by atoms with E-state index >= 15 is 0 Å². The van der Waals surface area contributed by atoms with E-state index in [1.807, 2.05) is 36.4 Å². The van der Waals surface area contributed by atoms with Crippen LogP contribution in [0.2, 0.25) is 0 Å². The zero-order valence-corrected chi connectivity index (χ0v) is 20.5. The van der Waals surface area contributed by atoms with E-state index in [2.05, 4.69) is 13.0 Å². The molecule has 5 nitrogen and oxygen atoms in total. The van der Waals surface area contributed by atoms with Crippen LogP contribution in [0.4, 0.5) is 0 Å². The van der Waals surface area contributed by atoms with Crippen molar-refractivity contribution in [2.24, 2.45) is 11.3 Å². The topological polar surface area (TPSA) is 87.0 Å². The molecule has 3 N–H and O–H groups in total. The third-order valence-electron chi connectivity index (χ3n) is 7.83. The Morgan fingerprint density at radius 1 is 1.21 bits per heavy atom. The molecule has 2 fully saturated rings. The van der Waals surface area contributed by atoms with Crippen molar-refractivity contribution in [3.8, 4) is 5.75 Å². The summed E-state index contributed by atoms with van der Waals surface area (Å²) in [6.45, 7) is 1.78. The number of aliphatic hydroxyl groups excluding tert-OH is 2. The van der Waals surface area contributed by atoms with Gasteiger partial charge in [-0.2, -0.15) is 0 Å². The average molecular weight is 487 g/mol. The predicted molar refractivity (Wildman–Crippen MR) is 132 cm³/mol. The van der Waals surface area contributed by atoms with Crippen molar-refractivity contribution in [2.75, 3.05) is 6.61 Å². The molecule has 5 atom stereocenters. The van der Waals surface area contributed by atoms with Crippen molar-refractivity contribution in [3.05, 3.63) is 65.2 Å². The monoisotopic (exact) mass is 486 g/mol. The lowest BCUT2D eigenvalue weighted by Gasteiger charge is -2.46. The van der Waals surface area contributed by atoms with Crippen LogP contribution in [0.1, 0.15) is 74.2 Å². The molecule has 0 radical (unpaired) electrons. The number of halogens is 1. The van der Waals surface area contributed by atoms with Crippen LogP contribution in [0.5, 0.6) is 5.75 Å². The fourth-order valence-electron chi connectivity index (χ4n) is 6.05. The fraction of sp³-hybridized carbons (Fsp3) is 0.536. The molecule has 4 rings (SSSR count). The van der Waals surface area contributed by atoms with Gasteiger partial charge in [-0.3, -0.25) is 0 Å². The Balaban J connectivity index is 1.55. The fourth-order valence-corrected chi connectivity index (χ4v) is 6.47. The number of carboxylic acid groups (broad SMARTS) is 1. The lowest BCUT2D eigenvalue weighted by Crippen LogP contribution is -2.36. The van der Waals surface area contributed by atoms with Crippen LogP contribution in [0.15, 0.2) is 48.5 Å². The second kappa shape index (κ2) is 10.7. The molecule has 6 heteroatoms. The first-order chi connectivity index (χ1) is 16.3. The molecular weight excluding hydrogens is 452 g/mol. The molecule has 2 aromatic carbocycles. The molecular formula is C28H35ClO5. The standard InChI is InChI=1S/C28H35ClO5/c1-2-10-28(11-5-12-28)27(33)20-8-4-7-19(15-20)26-22(23(29)16-24(26)30)14-18-6-3-9-21(13-18)34-17-25(31)32/h3-4,6-9,13,15,22-24,26-27,30,33H,2,5,10-12,14,16-17H2,1H3,(H,31,32). The maximum Gasteiger partial charge on any atom is 0.341 e. The molecule has 34 heavy (non-hydrogen) atoms. The Bertz CT molecular complexity index is 988. The minimum atomic E-state index is -1.02. The summed E-state index contributed by atoms with van der Waals surface area (Å²) in [6, 6.07) is 15.5. The van der Waals surface area contributed by atoms with Crippen molar-refractivity contribution in [3.63, 3.8) is 0 Å². The average Bonchev–Trinajstić information content (AvgIpc) is 3.07. The van der Waals surface area contributed by atoms with Gasteiger partial charge in [0.05, 0.1) is 12.2 Å². The number of aliphatic hydroxyl groups is 2. The largest absolute Gasteiger partial charge is 0.482 e. The minimum absolute atomic E-state index is 0.00656. The van der Waals surface area contributed by atoms with E-state index in [0.29, 0.717) is 18.6 Å². The van der Waals surface area contributed by atoms with Gasteiger partial charge in [0, 0.05) is 16.7 Å². The van der Waals surface area contributed by atoms with E-state index in [4.69, 9.17) is 21.4 Å². The van der Waals surface area contributed by atoms with Gasteiger partial charge in [-0.05, 0) is 66.8 Å². The van der Waals surface area contributed by atoms with E-state index < -0.39 is 18.2 Å². The van der Waals surface area contributed by atoms with Crippen LogP contribution in [0.3, 0.4) is 0 Å². The quantitative estimate of drug-likeness (QED) is 0.388. The van der Waals surface area contributed by atoms with Crippen molar-refractivity contribution in [1.29, 1.82) is 0 Å². The number of carbonyl (C=O) groups is 1. The summed E-state index contributed by atoms with van der Waals surface area (Å²) in [4.78, 5) is 10.8. The number of alkyl halides is 1. The Morgan fingerprint density at radius 3 is 2.65 bits per heavy atom. The number of ether oxygens (including phenoxy) is 1. The molecule has 0 amide bonds. The van der Waals surface area contributed by atoms with Crippen molar-refractivity contribution in [1.82, 2.24) is 0 Å². The molecule has 5 unspecified atom stereocenters. The molecule has 0 saturated heterocycles. The van der Waals surface area contributed by atoms with Gasteiger partial charge in [0.15, 0.2) is 6.61 Å². The number of hydrogen-bond acceptors (Lipinski definition) is 4. The highest BCUT2D eigenvalue weighted by Gasteiger charge is 2.45. The number of benzene rings is 2. The van der Waals surface area contributed by atoms with Crippen LogP contribution in [-0.4, -0.2) is 39.4 Å². The third-order valence-corrected chi connectivity index (χ3v) is 8.33. The first-order valence-corrected chi connectivity index (χ1v) is 12.8. The normalized spacial score (nSPS) is 26.6. The highest BCUT2D eigenvalue weighted by Crippen LogP contribution is 2.54. The molecule has 0 heterocycles. The van der Waals surface area contributed by atoms with Gasteiger partial charge in [-0.1, -0.05) is 56.2 Å². The van der Waals surface area contributed by atoms with Gasteiger partial charge >= 0.3 is 5.97 Å². The van der Waals surface area contributed by atoms with Crippen LogP contribution < -0.4 is 4.74 Å². The van der Waals surface area contributed by atoms with Crippen LogP contribution in [-0.2, 0) is 11.2 Å². The second-order valence-corrected chi connectivity index (χ2v) is 10.6.